The minimum atomic E-state index is 0.0418. The predicted molar refractivity (Wildman–Crippen MR) is 86.1 cm³/mol. The zero-order valence-corrected chi connectivity index (χ0v) is 13.6. The number of methoxy groups -OCH3 is 1. The van der Waals surface area contributed by atoms with Crippen molar-refractivity contribution in [2.24, 2.45) is 0 Å². The smallest absolute Gasteiger partial charge is 0.123 e. The van der Waals surface area contributed by atoms with Crippen LogP contribution in [-0.2, 0) is 0 Å². The Morgan fingerprint density at radius 3 is 2.50 bits per heavy atom. The van der Waals surface area contributed by atoms with Crippen molar-refractivity contribution >= 4 is 15.9 Å². The van der Waals surface area contributed by atoms with Gasteiger partial charge in [0.05, 0.1) is 18.5 Å². The molecule has 0 aliphatic carbocycles. The molecule has 0 bridgehead atoms. The highest BCUT2D eigenvalue weighted by molar-refractivity contribution is 9.09. The lowest BCUT2D eigenvalue weighted by Gasteiger charge is -2.18. The number of alkyl halides is 1. The molecule has 1 atom stereocenters. The lowest BCUT2D eigenvalue weighted by Crippen LogP contribution is -2.01. The fourth-order valence-corrected chi connectivity index (χ4v) is 2.93. The van der Waals surface area contributed by atoms with Gasteiger partial charge in [-0.15, -0.1) is 0 Å². The first kappa shape index (κ1) is 14.9. The van der Waals surface area contributed by atoms with Gasteiger partial charge >= 0.3 is 0 Å². The van der Waals surface area contributed by atoms with Crippen LogP contribution in [-0.4, -0.2) is 13.7 Å². The quantitative estimate of drug-likeness (QED) is 0.725. The Labute approximate surface area is 128 Å². The molecule has 0 heterocycles. The van der Waals surface area contributed by atoms with Crippen molar-refractivity contribution < 1.29 is 9.47 Å². The molecule has 0 amide bonds. The number of benzene rings is 2. The molecule has 20 heavy (non-hydrogen) atoms. The summed E-state index contributed by atoms with van der Waals surface area (Å²) in [6, 6.07) is 14.3. The van der Waals surface area contributed by atoms with Gasteiger partial charge in [-0.25, -0.2) is 0 Å². The summed E-state index contributed by atoms with van der Waals surface area (Å²) in [7, 11) is 1.70. The predicted octanol–water partition coefficient (Wildman–Crippen LogP) is 4.89. The van der Waals surface area contributed by atoms with Gasteiger partial charge in [0.15, 0.2) is 0 Å². The normalized spacial score (nSPS) is 12.0. The standard InChI is InChI=1S/C17H19BrO2/c1-4-20-16-8-6-5-7-13(16)17(18)14-11-12(2)9-10-15(14)19-3/h5-11,17H,4H2,1-3H3. The molecule has 2 nitrogen and oxygen atoms in total. The summed E-state index contributed by atoms with van der Waals surface area (Å²) >= 11 is 3.78. The first-order chi connectivity index (χ1) is 9.67. The van der Waals surface area contributed by atoms with Crippen LogP contribution in [0.15, 0.2) is 42.5 Å². The molecule has 2 aromatic rings. The van der Waals surface area contributed by atoms with Gasteiger partial charge in [0, 0.05) is 11.1 Å². The van der Waals surface area contributed by atoms with Crippen LogP contribution in [0.5, 0.6) is 11.5 Å². The van der Waals surface area contributed by atoms with E-state index in [-0.39, 0.29) is 4.83 Å². The van der Waals surface area contributed by atoms with Crippen molar-refractivity contribution in [1.29, 1.82) is 0 Å². The van der Waals surface area contributed by atoms with E-state index in [9.17, 15) is 0 Å². The van der Waals surface area contributed by atoms with E-state index in [4.69, 9.17) is 9.47 Å². The number of ether oxygens (including phenoxy) is 2. The summed E-state index contributed by atoms with van der Waals surface area (Å²) < 4.78 is 11.2. The van der Waals surface area contributed by atoms with E-state index in [1.54, 1.807) is 7.11 Å². The van der Waals surface area contributed by atoms with Crippen molar-refractivity contribution in [3.63, 3.8) is 0 Å². The third-order valence-electron chi connectivity index (χ3n) is 3.15. The third-order valence-corrected chi connectivity index (χ3v) is 4.14. The molecule has 0 N–H and O–H groups in total. The minimum absolute atomic E-state index is 0.0418. The van der Waals surface area contributed by atoms with Crippen LogP contribution in [0.1, 0.15) is 28.4 Å². The van der Waals surface area contributed by atoms with Gasteiger partial charge < -0.3 is 9.47 Å². The Morgan fingerprint density at radius 2 is 1.80 bits per heavy atom. The van der Waals surface area contributed by atoms with Crippen molar-refractivity contribution in [2.45, 2.75) is 18.7 Å². The molecule has 0 spiro atoms. The molecule has 0 aliphatic rings. The average molecular weight is 335 g/mol. The number of halogens is 1. The maximum atomic E-state index is 5.71. The molecule has 0 radical (unpaired) electrons. The Balaban J connectivity index is 2.45. The minimum Gasteiger partial charge on any atom is -0.496 e. The number of para-hydroxylation sites is 1. The summed E-state index contributed by atoms with van der Waals surface area (Å²) in [5.74, 6) is 1.78. The Kier molecular flexibility index (Phi) is 5.07. The van der Waals surface area contributed by atoms with Crippen molar-refractivity contribution in [3.8, 4) is 11.5 Å². The van der Waals surface area contributed by atoms with Crippen LogP contribution >= 0.6 is 15.9 Å². The Morgan fingerprint density at radius 1 is 1.05 bits per heavy atom. The van der Waals surface area contributed by atoms with Crippen LogP contribution < -0.4 is 9.47 Å². The summed E-state index contributed by atoms with van der Waals surface area (Å²) in [5, 5.41) is 0. The van der Waals surface area contributed by atoms with Gasteiger partial charge in [0.1, 0.15) is 11.5 Å². The topological polar surface area (TPSA) is 18.5 Å². The van der Waals surface area contributed by atoms with Gasteiger partial charge in [0.25, 0.3) is 0 Å². The van der Waals surface area contributed by atoms with E-state index >= 15 is 0 Å². The van der Waals surface area contributed by atoms with E-state index in [1.807, 2.05) is 31.2 Å². The molecule has 1 unspecified atom stereocenters. The number of hydrogen-bond acceptors (Lipinski definition) is 2. The molecule has 0 aromatic heterocycles. The SMILES string of the molecule is CCOc1ccccc1C(Br)c1cc(C)ccc1OC. The van der Waals surface area contributed by atoms with Gasteiger partial charge in [-0.05, 0) is 26.0 Å². The van der Waals surface area contributed by atoms with Crippen LogP contribution in [0.4, 0.5) is 0 Å². The van der Waals surface area contributed by atoms with E-state index in [0.29, 0.717) is 6.61 Å². The first-order valence-corrected chi connectivity index (χ1v) is 7.59. The molecule has 0 saturated heterocycles. The van der Waals surface area contributed by atoms with Gasteiger partial charge in [0.2, 0.25) is 0 Å². The van der Waals surface area contributed by atoms with Crippen molar-refractivity contribution in [1.82, 2.24) is 0 Å². The second kappa shape index (κ2) is 6.80. The van der Waals surface area contributed by atoms with E-state index < -0.39 is 0 Å². The largest absolute Gasteiger partial charge is 0.496 e. The van der Waals surface area contributed by atoms with Crippen molar-refractivity contribution in [3.05, 3.63) is 59.2 Å². The zero-order chi connectivity index (χ0) is 14.5. The lowest BCUT2D eigenvalue weighted by molar-refractivity contribution is 0.337. The van der Waals surface area contributed by atoms with E-state index in [0.717, 1.165) is 22.6 Å². The molecule has 0 fully saturated rings. The fraction of sp³-hybridized carbons (Fsp3) is 0.294. The first-order valence-electron chi connectivity index (χ1n) is 6.67. The van der Waals surface area contributed by atoms with Crippen molar-refractivity contribution in [2.75, 3.05) is 13.7 Å². The molecule has 2 aromatic carbocycles. The molecular formula is C17H19BrO2. The maximum Gasteiger partial charge on any atom is 0.123 e. The Bertz CT molecular complexity index is 581. The third kappa shape index (κ3) is 3.15. The number of hydrogen-bond donors (Lipinski definition) is 0. The monoisotopic (exact) mass is 334 g/mol. The van der Waals surface area contributed by atoms with Crippen LogP contribution in [0.25, 0.3) is 0 Å². The number of aryl methyl sites for hydroxylation is 1. The summed E-state index contributed by atoms with van der Waals surface area (Å²) in [4.78, 5) is 0.0418. The van der Waals surface area contributed by atoms with Crippen LogP contribution in [0.3, 0.4) is 0 Å². The Hall–Kier alpha value is -1.48. The van der Waals surface area contributed by atoms with Crippen LogP contribution in [0.2, 0.25) is 0 Å². The highest BCUT2D eigenvalue weighted by Gasteiger charge is 2.18. The maximum absolute atomic E-state index is 5.71. The van der Waals surface area contributed by atoms with E-state index in [1.165, 1.54) is 5.56 Å². The molecule has 106 valence electrons. The number of rotatable bonds is 5. The molecule has 3 heteroatoms. The molecular weight excluding hydrogens is 316 g/mol. The molecule has 0 saturated carbocycles. The van der Waals surface area contributed by atoms with Gasteiger partial charge in [-0.3, -0.25) is 0 Å². The molecule has 0 aliphatic heterocycles. The summed E-state index contributed by atoms with van der Waals surface area (Å²) in [5.41, 5.74) is 3.43. The van der Waals surface area contributed by atoms with Gasteiger partial charge in [-0.1, -0.05) is 51.8 Å². The van der Waals surface area contributed by atoms with Gasteiger partial charge in [-0.2, -0.15) is 0 Å². The highest BCUT2D eigenvalue weighted by atomic mass is 79.9. The average Bonchev–Trinajstić information content (AvgIpc) is 2.47. The summed E-state index contributed by atoms with van der Waals surface area (Å²) in [6.45, 7) is 4.73. The summed E-state index contributed by atoms with van der Waals surface area (Å²) in [6.07, 6.45) is 0. The van der Waals surface area contributed by atoms with Crippen LogP contribution in [0, 0.1) is 6.92 Å². The highest BCUT2D eigenvalue weighted by Crippen LogP contribution is 2.40. The second-order valence-corrected chi connectivity index (χ2v) is 5.49. The lowest BCUT2D eigenvalue weighted by atomic mass is 10.0. The fourth-order valence-electron chi connectivity index (χ4n) is 2.20. The molecule has 2 rings (SSSR count). The van der Waals surface area contributed by atoms with E-state index in [2.05, 4.69) is 41.1 Å². The zero-order valence-electron chi connectivity index (χ0n) is 12.0. The second-order valence-electron chi connectivity index (χ2n) is 4.58.